The van der Waals surface area contributed by atoms with Gasteiger partial charge in [0.25, 0.3) is 0 Å². The maximum atomic E-state index is 5.50. The van der Waals surface area contributed by atoms with Crippen molar-refractivity contribution in [2.24, 2.45) is 5.92 Å². The molecule has 1 heterocycles. The Balaban J connectivity index is 2.52. The van der Waals surface area contributed by atoms with E-state index in [1.807, 2.05) is 0 Å². The summed E-state index contributed by atoms with van der Waals surface area (Å²) in [6.45, 7) is 4.21. The lowest BCUT2D eigenvalue weighted by atomic mass is 10.1. The summed E-state index contributed by atoms with van der Waals surface area (Å²) in [4.78, 5) is 0. The molecular formula is C9H17N2O3PS2. The first-order valence-electron chi connectivity index (χ1n) is 5.16. The zero-order valence-electron chi connectivity index (χ0n) is 10.4. The lowest BCUT2D eigenvalue weighted by molar-refractivity contribution is 0.353. The SMILES string of the molecule is COP(=S)(OC)SCc1nnc(CC(C)C)o1. The normalized spacial score (nSPS) is 12.3. The van der Waals surface area contributed by atoms with Gasteiger partial charge in [-0.15, -0.1) is 10.2 Å². The lowest BCUT2D eigenvalue weighted by Gasteiger charge is -2.14. The molecule has 0 unspecified atom stereocenters. The van der Waals surface area contributed by atoms with Crippen molar-refractivity contribution >= 4 is 28.9 Å². The summed E-state index contributed by atoms with van der Waals surface area (Å²) in [7, 11) is 3.10. The molecule has 0 amide bonds. The maximum absolute atomic E-state index is 5.50. The molecule has 17 heavy (non-hydrogen) atoms. The molecule has 0 N–H and O–H groups in total. The molecule has 1 rings (SSSR count). The van der Waals surface area contributed by atoms with Gasteiger partial charge in [0.15, 0.2) is 0 Å². The van der Waals surface area contributed by atoms with Crippen LogP contribution in [0.4, 0.5) is 0 Å². The zero-order chi connectivity index (χ0) is 12.9. The van der Waals surface area contributed by atoms with Crippen LogP contribution in [-0.2, 0) is 33.0 Å². The van der Waals surface area contributed by atoms with Crippen molar-refractivity contribution in [1.82, 2.24) is 10.2 Å². The third kappa shape index (κ3) is 5.06. The highest BCUT2D eigenvalue weighted by Crippen LogP contribution is 2.60. The molecule has 0 spiro atoms. The third-order valence-electron chi connectivity index (χ3n) is 1.88. The molecule has 0 aliphatic carbocycles. The first-order chi connectivity index (χ1) is 7.99. The summed E-state index contributed by atoms with van der Waals surface area (Å²) in [5.74, 6) is 2.25. The highest BCUT2D eigenvalue weighted by Gasteiger charge is 2.18. The predicted molar refractivity (Wildman–Crippen MR) is 72.4 cm³/mol. The van der Waals surface area contributed by atoms with Gasteiger partial charge in [0.2, 0.25) is 17.5 Å². The second-order valence-corrected chi connectivity index (χ2v) is 10.3. The van der Waals surface area contributed by atoms with Gasteiger partial charge in [-0.3, -0.25) is 0 Å². The number of nitrogens with zero attached hydrogens (tertiary/aromatic N) is 2. The van der Waals surface area contributed by atoms with Gasteiger partial charge >= 0.3 is 0 Å². The molecule has 0 aromatic carbocycles. The minimum Gasteiger partial charge on any atom is -0.424 e. The van der Waals surface area contributed by atoms with Crippen molar-refractivity contribution in [3.63, 3.8) is 0 Å². The third-order valence-corrected chi connectivity index (χ3v) is 7.55. The molecule has 98 valence electrons. The van der Waals surface area contributed by atoms with Crippen molar-refractivity contribution in [2.45, 2.75) is 26.0 Å². The first kappa shape index (κ1) is 15.1. The summed E-state index contributed by atoms with van der Waals surface area (Å²) >= 11 is 6.61. The van der Waals surface area contributed by atoms with Crippen LogP contribution in [0.5, 0.6) is 0 Å². The maximum Gasteiger partial charge on any atom is 0.247 e. The van der Waals surface area contributed by atoms with E-state index in [2.05, 4.69) is 24.0 Å². The Bertz CT molecular complexity index is 389. The van der Waals surface area contributed by atoms with E-state index in [4.69, 9.17) is 25.3 Å². The van der Waals surface area contributed by atoms with E-state index < -0.39 is 5.69 Å². The van der Waals surface area contributed by atoms with E-state index in [1.165, 1.54) is 11.4 Å². The minimum absolute atomic E-state index is 0.499. The average molecular weight is 296 g/mol. The van der Waals surface area contributed by atoms with Crippen molar-refractivity contribution < 1.29 is 13.5 Å². The van der Waals surface area contributed by atoms with Crippen molar-refractivity contribution in [1.29, 1.82) is 0 Å². The smallest absolute Gasteiger partial charge is 0.247 e. The Hall–Kier alpha value is 0.0600. The van der Waals surface area contributed by atoms with Gasteiger partial charge in [0.05, 0.1) is 5.75 Å². The first-order valence-corrected chi connectivity index (χ1v) is 9.39. The molecule has 0 saturated carbocycles. The van der Waals surface area contributed by atoms with E-state index >= 15 is 0 Å². The van der Waals surface area contributed by atoms with E-state index in [0.29, 0.717) is 23.5 Å². The van der Waals surface area contributed by atoms with Crippen LogP contribution >= 0.6 is 17.1 Å². The molecule has 1 aromatic rings. The molecule has 5 nitrogen and oxygen atoms in total. The Labute approximate surface area is 111 Å². The summed E-state index contributed by atoms with van der Waals surface area (Å²) in [5, 5.41) is 7.94. The Kier molecular flexibility index (Phi) is 6.09. The van der Waals surface area contributed by atoms with E-state index in [1.54, 1.807) is 14.2 Å². The van der Waals surface area contributed by atoms with Gasteiger partial charge in [-0.05, 0) is 17.7 Å². The van der Waals surface area contributed by atoms with Crippen molar-refractivity contribution in [2.75, 3.05) is 14.2 Å². The molecule has 0 bridgehead atoms. The van der Waals surface area contributed by atoms with Crippen LogP contribution in [0.25, 0.3) is 0 Å². The molecule has 0 aliphatic heterocycles. The number of hydrogen-bond acceptors (Lipinski definition) is 7. The summed E-state index contributed by atoms with van der Waals surface area (Å²) in [6.07, 6.45) is 0.792. The quantitative estimate of drug-likeness (QED) is 0.717. The van der Waals surface area contributed by atoms with Crippen molar-refractivity contribution in [3.05, 3.63) is 11.8 Å². The van der Waals surface area contributed by atoms with Gasteiger partial charge in [-0.1, -0.05) is 25.2 Å². The molecule has 0 saturated heterocycles. The van der Waals surface area contributed by atoms with Crippen LogP contribution < -0.4 is 0 Å². The fourth-order valence-corrected chi connectivity index (χ4v) is 3.75. The van der Waals surface area contributed by atoms with Gasteiger partial charge < -0.3 is 13.5 Å². The van der Waals surface area contributed by atoms with Crippen molar-refractivity contribution in [3.8, 4) is 0 Å². The van der Waals surface area contributed by atoms with Crippen LogP contribution in [-0.4, -0.2) is 24.4 Å². The predicted octanol–water partition coefficient (Wildman–Crippen LogP) is 3.02. The monoisotopic (exact) mass is 296 g/mol. The van der Waals surface area contributed by atoms with E-state index in [0.717, 1.165) is 6.42 Å². The van der Waals surface area contributed by atoms with Gasteiger partial charge in [-0.25, -0.2) is 0 Å². The average Bonchev–Trinajstić information content (AvgIpc) is 2.73. The Morgan fingerprint density at radius 3 is 2.41 bits per heavy atom. The van der Waals surface area contributed by atoms with Crippen LogP contribution in [0, 0.1) is 5.92 Å². The molecule has 8 heteroatoms. The summed E-state index contributed by atoms with van der Waals surface area (Å²) < 4.78 is 15.8. The molecule has 0 radical (unpaired) electrons. The van der Waals surface area contributed by atoms with Crippen LogP contribution in [0.1, 0.15) is 25.6 Å². The summed E-state index contributed by atoms with van der Waals surface area (Å²) in [5.41, 5.74) is -2.24. The van der Waals surface area contributed by atoms with Crippen LogP contribution in [0.15, 0.2) is 4.42 Å². The molecule has 0 atom stereocenters. The largest absolute Gasteiger partial charge is 0.424 e. The second-order valence-electron chi connectivity index (χ2n) is 3.77. The Morgan fingerprint density at radius 1 is 1.29 bits per heavy atom. The van der Waals surface area contributed by atoms with Gasteiger partial charge in [-0.2, -0.15) is 0 Å². The second kappa shape index (κ2) is 6.85. The topological polar surface area (TPSA) is 57.4 Å². The lowest BCUT2D eigenvalue weighted by Crippen LogP contribution is -1.93. The number of aromatic nitrogens is 2. The highest BCUT2D eigenvalue weighted by molar-refractivity contribution is 8.67. The molecular weight excluding hydrogens is 279 g/mol. The van der Waals surface area contributed by atoms with E-state index in [9.17, 15) is 0 Å². The van der Waals surface area contributed by atoms with E-state index in [-0.39, 0.29) is 0 Å². The van der Waals surface area contributed by atoms with Crippen LogP contribution in [0.3, 0.4) is 0 Å². The fourth-order valence-electron chi connectivity index (χ4n) is 1.09. The zero-order valence-corrected chi connectivity index (χ0v) is 12.9. The highest BCUT2D eigenvalue weighted by atomic mass is 32.9. The fraction of sp³-hybridized carbons (Fsp3) is 0.778. The number of rotatable bonds is 7. The minimum atomic E-state index is -2.24. The number of hydrogen-bond donors (Lipinski definition) is 0. The van der Waals surface area contributed by atoms with Crippen LogP contribution in [0.2, 0.25) is 0 Å². The van der Waals surface area contributed by atoms with Gasteiger partial charge in [0.1, 0.15) is 0 Å². The summed E-state index contributed by atoms with van der Waals surface area (Å²) in [6, 6.07) is 0. The standard InChI is InChI=1S/C9H17N2O3PS2/c1-7(2)5-8-10-11-9(14-8)6-17-15(16,12-3)13-4/h7H,5-6H2,1-4H3. The Morgan fingerprint density at radius 2 is 1.88 bits per heavy atom. The molecule has 0 fully saturated rings. The van der Waals surface area contributed by atoms with Gasteiger partial charge in [0, 0.05) is 20.6 Å². The molecule has 0 aliphatic rings. The molecule has 1 aromatic heterocycles.